The van der Waals surface area contributed by atoms with E-state index in [0.717, 1.165) is 40.5 Å². The van der Waals surface area contributed by atoms with Gasteiger partial charge in [-0.2, -0.15) is 0 Å². The number of aromatic nitrogens is 3. The number of thiazole rings is 1. The van der Waals surface area contributed by atoms with Crippen LogP contribution in [-0.4, -0.2) is 48.3 Å². The van der Waals surface area contributed by atoms with Crippen molar-refractivity contribution in [2.75, 3.05) is 37.0 Å². The summed E-state index contributed by atoms with van der Waals surface area (Å²) in [4.78, 5) is 15.8. The van der Waals surface area contributed by atoms with Crippen LogP contribution in [0.1, 0.15) is 18.9 Å². The standard InChI is InChI=1S/C25H29N7O2S2/c1-5-12-32(25-28-20(15-35-25)24-29-22(26)14-23(27)30-24)21-13-18(7-6-16(21)2)17-8-10-19(11-9-17)36(33,34)31(3)4/h6-11,13-15H,5,12H2,1-4H3,(H4,26,27,29,30). The summed E-state index contributed by atoms with van der Waals surface area (Å²) in [6.45, 7) is 4.94. The molecule has 0 radical (unpaired) electrons. The SMILES string of the molecule is CCCN(c1nc(-c2nc(N)cc(N)n2)cs1)c1cc(-c2ccc(S(=O)(=O)N(C)C)cc2)ccc1C. The van der Waals surface area contributed by atoms with Crippen LogP contribution < -0.4 is 16.4 Å². The van der Waals surface area contributed by atoms with E-state index in [1.165, 1.54) is 35.8 Å². The van der Waals surface area contributed by atoms with Gasteiger partial charge in [0.15, 0.2) is 11.0 Å². The lowest BCUT2D eigenvalue weighted by Crippen LogP contribution is -2.22. The Morgan fingerprint density at radius 2 is 1.56 bits per heavy atom. The molecular formula is C25H29N7O2S2. The number of sulfonamides is 1. The number of benzene rings is 2. The number of nitrogens with two attached hydrogens (primary N) is 2. The maximum Gasteiger partial charge on any atom is 0.242 e. The number of nitrogens with zero attached hydrogens (tertiary/aromatic N) is 5. The zero-order valence-electron chi connectivity index (χ0n) is 20.6. The fourth-order valence-corrected chi connectivity index (χ4v) is 5.49. The molecule has 188 valence electrons. The van der Waals surface area contributed by atoms with Gasteiger partial charge in [0.1, 0.15) is 17.3 Å². The van der Waals surface area contributed by atoms with Crippen molar-refractivity contribution < 1.29 is 8.42 Å². The fourth-order valence-electron chi connectivity index (χ4n) is 3.74. The molecule has 2 aromatic carbocycles. The van der Waals surface area contributed by atoms with Gasteiger partial charge in [0, 0.05) is 37.8 Å². The molecule has 0 fully saturated rings. The first-order valence-electron chi connectivity index (χ1n) is 11.4. The average Bonchev–Trinajstić information content (AvgIpc) is 3.33. The summed E-state index contributed by atoms with van der Waals surface area (Å²) < 4.78 is 26.1. The third kappa shape index (κ3) is 5.18. The molecule has 9 nitrogen and oxygen atoms in total. The van der Waals surface area contributed by atoms with E-state index in [2.05, 4.69) is 40.8 Å². The van der Waals surface area contributed by atoms with E-state index in [4.69, 9.17) is 16.5 Å². The number of rotatable bonds is 8. The van der Waals surface area contributed by atoms with E-state index < -0.39 is 10.0 Å². The van der Waals surface area contributed by atoms with Crippen molar-refractivity contribution in [3.63, 3.8) is 0 Å². The van der Waals surface area contributed by atoms with Gasteiger partial charge >= 0.3 is 0 Å². The zero-order chi connectivity index (χ0) is 26.0. The summed E-state index contributed by atoms with van der Waals surface area (Å²) in [5.41, 5.74) is 16.3. The van der Waals surface area contributed by atoms with Crippen LogP contribution in [0.2, 0.25) is 0 Å². The van der Waals surface area contributed by atoms with Crippen LogP contribution in [0.25, 0.3) is 22.6 Å². The van der Waals surface area contributed by atoms with Gasteiger partial charge in [-0.25, -0.2) is 27.7 Å². The summed E-state index contributed by atoms with van der Waals surface area (Å²) in [6.07, 6.45) is 0.914. The molecule has 0 bridgehead atoms. The Morgan fingerprint density at radius 3 is 2.17 bits per heavy atom. The maximum atomic E-state index is 12.4. The summed E-state index contributed by atoms with van der Waals surface area (Å²) in [7, 11) is -0.434. The second-order valence-electron chi connectivity index (χ2n) is 8.52. The predicted octanol–water partition coefficient (Wildman–Crippen LogP) is 4.54. The smallest absolute Gasteiger partial charge is 0.242 e. The predicted molar refractivity (Wildman–Crippen MR) is 147 cm³/mol. The van der Waals surface area contributed by atoms with E-state index >= 15 is 0 Å². The first-order valence-corrected chi connectivity index (χ1v) is 13.7. The third-order valence-corrected chi connectivity index (χ3v) is 8.32. The molecule has 11 heteroatoms. The molecule has 0 unspecified atom stereocenters. The van der Waals surface area contributed by atoms with Crippen molar-refractivity contribution in [1.29, 1.82) is 0 Å². The van der Waals surface area contributed by atoms with Gasteiger partial charge in [0.05, 0.1) is 4.90 Å². The minimum absolute atomic E-state index is 0.260. The molecule has 0 aliphatic carbocycles. The minimum atomic E-state index is -3.48. The van der Waals surface area contributed by atoms with Crippen LogP contribution in [0.5, 0.6) is 0 Å². The molecule has 0 saturated heterocycles. The highest BCUT2D eigenvalue weighted by Crippen LogP contribution is 2.36. The fraction of sp³-hybridized carbons (Fsp3) is 0.240. The molecule has 36 heavy (non-hydrogen) atoms. The van der Waals surface area contributed by atoms with E-state index in [0.29, 0.717) is 23.2 Å². The lowest BCUT2D eigenvalue weighted by molar-refractivity contribution is 0.521. The number of aryl methyl sites for hydroxylation is 1. The topological polar surface area (TPSA) is 131 Å². The highest BCUT2D eigenvalue weighted by molar-refractivity contribution is 7.89. The lowest BCUT2D eigenvalue weighted by atomic mass is 10.0. The Kier molecular flexibility index (Phi) is 7.25. The molecule has 0 amide bonds. The normalized spacial score (nSPS) is 11.7. The Bertz CT molecular complexity index is 1460. The van der Waals surface area contributed by atoms with Crippen molar-refractivity contribution >= 4 is 43.8 Å². The first kappa shape index (κ1) is 25.5. The van der Waals surface area contributed by atoms with Gasteiger partial charge in [-0.05, 0) is 48.2 Å². The molecule has 2 heterocycles. The molecule has 4 N–H and O–H groups in total. The number of hydrogen-bond donors (Lipinski definition) is 2. The van der Waals surface area contributed by atoms with Crippen LogP contribution >= 0.6 is 11.3 Å². The zero-order valence-corrected chi connectivity index (χ0v) is 22.3. The average molecular weight is 524 g/mol. The van der Waals surface area contributed by atoms with Gasteiger partial charge < -0.3 is 16.4 Å². The van der Waals surface area contributed by atoms with Gasteiger partial charge in [0.25, 0.3) is 0 Å². The molecule has 0 aliphatic rings. The van der Waals surface area contributed by atoms with Gasteiger partial charge in [-0.3, -0.25) is 0 Å². The number of hydrogen-bond acceptors (Lipinski definition) is 9. The van der Waals surface area contributed by atoms with E-state index in [1.807, 2.05) is 23.6 Å². The summed E-state index contributed by atoms with van der Waals surface area (Å²) in [5, 5.41) is 2.71. The summed E-state index contributed by atoms with van der Waals surface area (Å²) in [6, 6.07) is 14.7. The maximum absolute atomic E-state index is 12.4. The van der Waals surface area contributed by atoms with Crippen molar-refractivity contribution in [3.05, 3.63) is 59.5 Å². The van der Waals surface area contributed by atoms with E-state index in [1.54, 1.807) is 12.1 Å². The molecule has 0 spiro atoms. The van der Waals surface area contributed by atoms with Crippen LogP contribution in [0.15, 0.2) is 58.8 Å². The van der Waals surface area contributed by atoms with Crippen LogP contribution in [0, 0.1) is 6.92 Å². The number of anilines is 4. The quantitative estimate of drug-likeness (QED) is 0.344. The Balaban J connectivity index is 1.70. The largest absolute Gasteiger partial charge is 0.384 e. The second-order valence-corrected chi connectivity index (χ2v) is 11.5. The van der Waals surface area contributed by atoms with Crippen molar-refractivity contribution in [3.8, 4) is 22.6 Å². The molecule has 4 rings (SSSR count). The van der Waals surface area contributed by atoms with E-state index in [-0.39, 0.29) is 4.90 Å². The molecule has 0 atom stereocenters. The monoisotopic (exact) mass is 523 g/mol. The van der Waals surface area contributed by atoms with Crippen LogP contribution in [0.3, 0.4) is 0 Å². The van der Waals surface area contributed by atoms with E-state index in [9.17, 15) is 8.42 Å². The highest BCUT2D eigenvalue weighted by atomic mass is 32.2. The van der Waals surface area contributed by atoms with Gasteiger partial charge in [-0.1, -0.05) is 31.2 Å². The molecule has 4 aromatic rings. The van der Waals surface area contributed by atoms with Crippen LogP contribution in [-0.2, 0) is 10.0 Å². The second kappa shape index (κ2) is 10.2. The van der Waals surface area contributed by atoms with Crippen molar-refractivity contribution in [2.45, 2.75) is 25.2 Å². The number of nitrogen functional groups attached to an aromatic ring is 2. The molecule has 2 aromatic heterocycles. The lowest BCUT2D eigenvalue weighted by Gasteiger charge is -2.24. The Labute approximate surface area is 215 Å². The Hall–Kier alpha value is -3.54. The molecular weight excluding hydrogens is 494 g/mol. The molecule has 0 saturated carbocycles. The minimum Gasteiger partial charge on any atom is -0.384 e. The third-order valence-electron chi connectivity index (χ3n) is 5.63. The summed E-state index contributed by atoms with van der Waals surface area (Å²) in [5.74, 6) is 0.987. The van der Waals surface area contributed by atoms with Crippen molar-refractivity contribution in [1.82, 2.24) is 19.3 Å². The van der Waals surface area contributed by atoms with Gasteiger partial charge in [-0.15, -0.1) is 11.3 Å². The molecule has 0 aliphatic heterocycles. The summed E-state index contributed by atoms with van der Waals surface area (Å²) >= 11 is 1.50. The Morgan fingerprint density at radius 1 is 0.917 bits per heavy atom. The van der Waals surface area contributed by atoms with Crippen LogP contribution in [0.4, 0.5) is 22.5 Å². The first-order chi connectivity index (χ1) is 17.1. The van der Waals surface area contributed by atoms with Gasteiger partial charge in [0.2, 0.25) is 10.0 Å². The highest BCUT2D eigenvalue weighted by Gasteiger charge is 2.19. The van der Waals surface area contributed by atoms with Crippen molar-refractivity contribution in [2.24, 2.45) is 0 Å².